The van der Waals surface area contributed by atoms with E-state index >= 15 is 0 Å². The number of hydrogen-bond donors (Lipinski definition) is 0. The van der Waals surface area contributed by atoms with Gasteiger partial charge in [-0.2, -0.15) is 0 Å². The number of nitrogens with zero attached hydrogens (tertiary/aromatic N) is 1. The summed E-state index contributed by atoms with van der Waals surface area (Å²) in [5, 5.41) is 0. The summed E-state index contributed by atoms with van der Waals surface area (Å²) >= 11 is 3.51. The molecule has 4 heteroatoms. The van der Waals surface area contributed by atoms with Crippen LogP contribution >= 0.6 is 15.9 Å². The largest absolute Gasteiger partial charge is 0.497 e. The lowest BCUT2D eigenvalue weighted by Gasteiger charge is -2.30. The van der Waals surface area contributed by atoms with E-state index < -0.39 is 0 Å². The molecule has 1 saturated carbocycles. The normalized spacial score (nSPS) is 15.0. The van der Waals surface area contributed by atoms with E-state index in [1.165, 1.54) is 12.8 Å². The Bertz CT molecular complexity index is 710. The first-order valence-electron chi connectivity index (χ1n) is 8.28. The molecule has 1 amide bonds. The van der Waals surface area contributed by atoms with Crippen LogP contribution in [0.1, 0.15) is 35.7 Å². The molecule has 0 aliphatic heterocycles. The van der Waals surface area contributed by atoms with Crippen molar-refractivity contribution in [2.45, 2.75) is 32.4 Å². The number of benzene rings is 2. The van der Waals surface area contributed by atoms with Crippen molar-refractivity contribution in [2.24, 2.45) is 5.92 Å². The predicted molar refractivity (Wildman–Crippen MR) is 99.2 cm³/mol. The highest BCUT2D eigenvalue weighted by Crippen LogP contribution is 2.36. The molecule has 0 N–H and O–H groups in total. The number of halogens is 1. The van der Waals surface area contributed by atoms with E-state index in [0.717, 1.165) is 21.3 Å². The van der Waals surface area contributed by atoms with Crippen LogP contribution in [0.3, 0.4) is 0 Å². The van der Waals surface area contributed by atoms with Crippen molar-refractivity contribution >= 4 is 21.8 Å². The highest BCUT2D eigenvalue weighted by Gasteiger charge is 2.35. The number of ether oxygens (including phenoxy) is 1. The fourth-order valence-electron chi connectivity index (χ4n) is 2.95. The smallest absolute Gasteiger partial charge is 0.255 e. The number of amides is 1. The van der Waals surface area contributed by atoms with Crippen LogP contribution in [0.4, 0.5) is 0 Å². The van der Waals surface area contributed by atoms with Crippen LogP contribution in [-0.2, 0) is 6.54 Å². The van der Waals surface area contributed by atoms with Crippen molar-refractivity contribution in [3.8, 4) is 5.75 Å². The number of rotatable bonds is 6. The van der Waals surface area contributed by atoms with Crippen molar-refractivity contribution in [1.29, 1.82) is 0 Å². The average Bonchev–Trinajstić information content (AvgIpc) is 3.44. The summed E-state index contributed by atoms with van der Waals surface area (Å²) in [6.45, 7) is 2.78. The molecule has 1 fully saturated rings. The molecular formula is C20H22BrNO2. The van der Waals surface area contributed by atoms with Crippen LogP contribution in [0.5, 0.6) is 5.75 Å². The van der Waals surface area contributed by atoms with Crippen LogP contribution in [0.25, 0.3) is 0 Å². The van der Waals surface area contributed by atoms with Crippen molar-refractivity contribution < 1.29 is 9.53 Å². The second-order valence-electron chi connectivity index (χ2n) is 6.34. The molecular weight excluding hydrogens is 366 g/mol. The van der Waals surface area contributed by atoms with Gasteiger partial charge in [-0.05, 0) is 71.4 Å². The molecule has 0 saturated heterocycles. The number of hydrogen-bond acceptors (Lipinski definition) is 2. The Morgan fingerprint density at radius 1 is 1.21 bits per heavy atom. The second-order valence-corrected chi connectivity index (χ2v) is 7.19. The van der Waals surface area contributed by atoms with Crippen LogP contribution < -0.4 is 4.74 Å². The molecule has 0 aromatic heterocycles. The minimum Gasteiger partial charge on any atom is -0.497 e. The van der Waals surface area contributed by atoms with Crippen LogP contribution in [0.2, 0.25) is 0 Å². The molecule has 126 valence electrons. The molecule has 1 aliphatic carbocycles. The Kier molecular flexibility index (Phi) is 5.24. The molecule has 3 rings (SSSR count). The maximum absolute atomic E-state index is 13.1. The minimum absolute atomic E-state index is 0.0812. The molecule has 0 bridgehead atoms. The molecule has 2 aromatic carbocycles. The van der Waals surface area contributed by atoms with E-state index in [-0.39, 0.29) is 11.9 Å². The first-order valence-corrected chi connectivity index (χ1v) is 9.08. The molecule has 1 atom stereocenters. The Hall–Kier alpha value is -1.81. The van der Waals surface area contributed by atoms with Gasteiger partial charge in [0, 0.05) is 17.1 Å². The summed E-state index contributed by atoms with van der Waals surface area (Å²) < 4.78 is 6.06. The van der Waals surface area contributed by atoms with E-state index in [4.69, 9.17) is 4.74 Å². The fourth-order valence-corrected chi connectivity index (χ4v) is 3.41. The molecule has 0 radical (unpaired) electrons. The van der Waals surface area contributed by atoms with E-state index in [1.807, 2.05) is 53.4 Å². The van der Waals surface area contributed by atoms with Crippen LogP contribution in [0, 0.1) is 5.92 Å². The van der Waals surface area contributed by atoms with Gasteiger partial charge in [-0.25, -0.2) is 0 Å². The standard InChI is InChI=1S/C20H22BrNO2/c1-14(16-9-10-16)22(13-15-7-11-17(24-2)12-8-15)20(23)18-5-3-4-6-19(18)21/h3-8,11-12,14,16H,9-10,13H2,1-2H3. The molecule has 0 heterocycles. The van der Waals surface area contributed by atoms with E-state index in [0.29, 0.717) is 12.5 Å². The average molecular weight is 388 g/mol. The zero-order valence-corrected chi connectivity index (χ0v) is 15.6. The molecule has 24 heavy (non-hydrogen) atoms. The Balaban J connectivity index is 1.85. The van der Waals surface area contributed by atoms with Gasteiger partial charge >= 0.3 is 0 Å². The summed E-state index contributed by atoms with van der Waals surface area (Å²) in [5.41, 5.74) is 1.84. The highest BCUT2D eigenvalue weighted by molar-refractivity contribution is 9.10. The van der Waals surface area contributed by atoms with Gasteiger partial charge in [0.25, 0.3) is 5.91 Å². The van der Waals surface area contributed by atoms with E-state index in [1.54, 1.807) is 7.11 Å². The van der Waals surface area contributed by atoms with Gasteiger partial charge in [0.15, 0.2) is 0 Å². The zero-order valence-electron chi connectivity index (χ0n) is 14.0. The maximum Gasteiger partial charge on any atom is 0.255 e. The molecule has 2 aromatic rings. The SMILES string of the molecule is COc1ccc(CN(C(=O)c2ccccc2Br)C(C)C2CC2)cc1. The van der Waals surface area contributed by atoms with Gasteiger partial charge in [0.05, 0.1) is 12.7 Å². The molecule has 3 nitrogen and oxygen atoms in total. The first-order chi connectivity index (χ1) is 11.6. The summed E-state index contributed by atoms with van der Waals surface area (Å²) in [5.74, 6) is 1.53. The van der Waals surface area contributed by atoms with Gasteiger partial charge < -0.3 is 9.64 Å². The lowest BCUT2D eigenvalue weighted by Crippen LogP contribution is -2.39. The van der Waals surface area contributed by atoms with E-state index in [2.05, 4.69) is 22.9 Å². The lowest BCUT2D eigenvalue weighted by atomic mass is 10.1. The number of carbonyl (C=O) groups is 1. The third-order valence-corrected chi connectivity index (χ3v) is 5.36. The van der Waals surface area contributed by atoms with Crippen LogP contribution in [-0.4, -0.2) is 24.0 Å². The maximum atomic E-state index is 13.1. The highest BCUT2D eigenvalue weighted by atomic mass is 79.9. The third kappa shape index (κ3) is 3.81. The summed E-state index contributed by atoms with van der Waals surface area (Å²) in [4.78, 5) is 15.1. The quantitative estimate of drug-likeness (QED) is 0.705. The monoisotopic (exact) mass is 387 g/mol. The summed E-state index contributed by atoms with van der Waals surface area (Å²) in [6.07, 6.45) is 2.42. The summed E-state index contributed by atoms with van der Waals surface area (Å²) in [6, 6.07) is 15.8. The first kappa shape index (κ1) is 17.0. The Morgan fingerprint density at radius 3 is 2.46 bits per heavy atom. The Morgan fingerprint density at radius 2 is 1.88 bits per heavy atom. The fraction of sp³-hybridized carbons (Fsp3) is 0.350. The van der Waals surface area contributed by atoms with Gasteiger partial charge in [-0.15, -0.1) is 0 Å². The Labute approximate surface area is 151 Å². The zero-order chi connectivity index (χ0) is 17.1. The molecule has 1 unspecified atom stereocenters. The molecule has 1 aliphatic rings. The van der Waals surface area contributed by atoms with Gasteiger partial charge in [0.2, 0.25) is 0 Å². The lowest BCUT2D eigenvalue weighted by molar-refractivity contribution is 0.0653. The van der Waals surface area contributed by atoms with Crippen molar-refractivity contribution in [3.05, 3.63) is 64.1 Å². The molecule has 0 spiro atoms. The van der Waals surface area contributed by atoms with Gasteiger partial charge in [0.1, 0.15) is 5.75 Å². The van der Waals surface area contributed by atoms with Gasteiger partial charge in [-0.1, -0.05) is 24.3 Å². The van der Waals surface area contributed by atoms with Crippen molar-refractivity contribution in [1.82, 2.24) is 4.90 Å². The minimum atomic E-state index is 0.0812. The van der Waals surface area contributed by atoms with Crippen molar-refractivity contribution in [2.75, 3.05) is 7.11 Å². The van der Waals surface area contributed by atoms with E-state index in [9.17, 15) is 4.79 Å². The predicted octanol–water partition coefficient (Wildman–Crippen LogP) is 4.90. The third-order valence-electron chi connectivity index (χ3n) is 4.67. The topological polar surface area (TPSA) is 29.5 Å². The number of methoxy groups -OCH3 is 1. The van der Waals surface area contributed by atoms with Crippen LogP contribution in [0.15, 0.2) is 53.0 Å². The summed E-state index contributed by atoms with van der Waals surface area (Å²) in [7, 11) is 1.66. The second kappa shape index (κ2) is 7.39. The number of carbonyl (C=O) groups excluding carboxylic acids is 1. The van der Waals surface area contributed by atoms with Gasteiger partial charge in [-0.3, -0.25) is 4.79 Å². The van der Waals surface area contributed by atoms with Crippen molar-refractivity contribution in [3.63, 3.8) is 0 Å².